The first-order valence-electron chi connectivity index (χ1n) is 13.2. The third kappa shape index (κ3) is 6.76. The molecular weight excluding hydrogens is 523 g/mol. The minimum absolute atomic E-state index is 0.0839. The number of piperazine rings is 1. The van der Waals surface area contributed by atoms with Crippen LogP contribution in [0, 0.1) is 5.82 Å². The highest BCUT2D eigenvalue weighted by Gasteiger charge is 2.19. The molecule has 11 heteroatoms. The Morgan fingerprint density at radius 2 is 1.66 bits per heavy atom. The minimum atomic E-state index is -0.700. The lowest BCUT2D eigenvalue weighted by Crippen LogP contribution is -2.44. The Kier molecular flexibility index (Phi) is 8.35. The number of primary amides is 1. The monoisotopic (exact) mass is 554 g/mol. The van der Waals surface area contributed by atoms with Gasteiger partial charge in [-0.2, -0.15) is 4.98 Å². The molecule has 0 spiro atoms. The zero-order chi connectivity index (χ0) is 28.8. The van der Waals surface area contributed by atoms with E-state index in [1.54, 1.807) is 6.07 Å². The summed E-state index contributed by atoms with van der Waals surface area (Å²) in [7, 11) is 2.09. The average Bonchev–Trinajstić information content (AvgIpc) is 2.97. The third-order valence-electron chi connectivity index (χ3n) is 6.82. The number of benzene rings is 3. The quantitative estimate of drug-likeness (QED) is 0.245. The summed E-state index contributed by atoms with van der Waals surface area (Å²) in [6.45, 7) is 3.88. The van der Waals surface area contributed by atoms with Crippen molar-refractivity contribution in [2.24, 2.45) is 5.73 Å². The van der Waals surface area contributed by atoms with Crippen LogP contribution in [-0.4, -0.2) is 59.9 Å². The summed E-state index contributed by atoms with van der Waals surface area (Å²) >= 11 is 0. The van der Waals surface area contributed by atoms with Gasteiger partial charge in [-0.3, -0.25) is 9.59 Å². The molecule has 210 valence electrons. The van der Waals surface area contributed by atoms with Crippen LogP contribution in [-0.2, 0) is 6.54 Å². The van der Waals surface area contributed by atoms with Gasteiger partial charge in [-0.25, -0.2) is 9.37 Å². The number of amides is 2. The molecule has 0 atom stereocenters. The molecule has 5 rings (SSSR count). The average molecular weight is 555 g/mol. The highest BCUT2D eigenvalue weighted by Crippen LogP contribution is 2.30. The molecule has 0 bridgehead atoms. The Balaban J connectivity index is 1.33. The van der Waals surface area contributed by atoms with Crippen LogP contribution in [0.1, 0.15) is 26.3 Å². The molecule has 1 aliphatic heterocycles. The van der Waals surface area contributed by atoms with E-state index in [0.29, 0.717) is 5.69 Å². The fraction of sp³-hybridized carbons (Fsp3) is 0.200. The zero-order valence-corrected chi connectivity index (χ0v) is 22.6. The van der Waals surface area contributed by atoms with Crippen molar-refractivity contribution in [3.63, 3.8) is 0 Å². The van der Waals surface area contributed by atoms with E-state index in [4.69, 9.17) is 5.73 Å². The minimum Gasteiger partial charge on any atom is -0.367 e. The predicted molar refractivity (Wildman–Crippen MR) is 157 cm³/mol. The van der Waals surface area contributed by atoms with Crippen LogP contribution in [0.25, 0.3) is 0 Å². The number of hydrogen-bond donors (Lipinski definition) is 4. The Morgan fingerprint density at radius 1 is 0.927 bits per heavy atom. The number of para-hydroxylation sites is 2. The van der Waals surface area contributed by atoms with E-state index in [0.717, 1.165) is 43.1 Å². The molecule has 1 aliphatic rings. The van der Waals surface area contributed by atoms with E-state index in [9.17, 15) is 14.0 Å². The molecule has 10 nitrogen and oxygen atoms in total. The fourth-order valence-corrected chi connectivity index (χ4v) is 4.53. The summed E-state index contributed by atoms with van der Waals surface area (Å²) in [6.07, 6.45) is 1.32. The van der Waals surface area contributed by atoms with Crippen molar-refractivity contribution in [1.29, 1.82) is 0 Å². The maximum absolute atomic E-state index is 14.9. The lowest BCUT2D eigenvalue weighted by molar-refractivity contribution is 0.0945. The lowest BCUT2D eigenvalue weighted by Gasteiger charge is -2.35. The maximum Gasteiger partial charge on any atom is 0.254 e. The highest BCUT2D eigenvalue weighted by molar-refractivity contribution is 5.98. The Bertz CT molecular complexity index is 1540. The molecule has 1 fully saturated rings. The van der Waals surface area contributed by atoms with Gasteiger partial charge in [0.05, 0.1) is 16.9 Å². The standard InChI is InChI=1S/C30H31FN8O2/c1-38-13-15-39(16-14-38)26-10-6-5-9-25(26)36-28-23(27(32)40)19-34-30(37-28)35-21-11-12-22(24(31)17-21)29(41)33-18-20-7-3-2-4-8-20/h2-12,17,19H,13-16,18H2,1H3,(H2,32,40)(H,33,41)(H2,34,35,36,37). The topological polar surface area (TPSA) is 129 Å². The number of anilines is 5. The van der Waals surface area contributed by atoms with Gasteiger partial charge in [0.2, 0.25) is 5.95 Å². The Hall–Kier alpha value is -5.03. The van der Waals surface area contributed by atoms with Crippen LogP contribution in [0.4, 0.5) is 33.2 Å². The fourth-order valence-electron chi connectivity index (χ4n) is 4.53. The first-order valence-corrected chi connectivity index (χ1v) is 13.2. The normalized spacial score (nSPS) is 13.5. The number of aromatic nitrogens is 2. The van der Waals surface area contributed by atoms with Crippen molar-refractivity contribution < 1.29 is 14.0 Å². The van der Waals surface area contributed by atoms with Crippen molar-refractivity contribution in [1.82, 2.24) is 20.2 Å². The molecule has 0 unspecified atom stereocenters. The summed E-state index contributed by atoms with van der Waals surface area (Å²) in [5.74, 6) is -1.57. The maximum atomic E-state index is 14.9. The number of nitrogens with one attached hydrogen (secondary N) is 3. The van der Waals surface area contributed by atoms with Crippen LogP contribution in [0.15, 0.2) is 79.0 Å². The zero-order valence-electron chi connectivity index (χ0n) is 22.6. The molecule has 1 aromatic heterocycles. The molecule has 41 heavy (non-hydrogen) atoms. The van der Waals surface area contributed by atoms with E-state index in [1.807, 2.05) is 54.6 Å². The molecule has 0 saturated carbocycles. The first kappa shape index (κ1) is 27.5. The highest BCUT2D eigenvalue weighted by atomic mass is 19.1. The second-order valence-electron chi connectivity index (χ2n) is 9.74. The van der Waals surface area contributed by atoms with Crippen molar-refractivity contribution in [2.75, 3.05) is 48.8 Å². The van der Waals surface area contributed by atoms with Crippen LogP contribution in [0.2, 0.25) is 0 Å². The smallest absolute Gasteiger partial charge is 0.254 e. The molecule has 3 aromatic carbocycles. The summed E-state index contributed by atoms with van der Waals surface area (Å²) in [4.78, 5) is 37.9. The second kappa shape index (κ2) is 12.4. The summed E-state index contributed by atoms with van der Waals surface area (Å²) in [5.41, 5.74) is 8.62. The third-order valence-corrected chi connectivity index (χ3v) is 6.82. The largest absolute Gasteiger partial charge is 0.367 e. The molecule has 2 amide bonds. The summed E-state index contributed by atoms with van der Waals surface area (Å²) < 4.78 is 14.9. The SMILES string of the molecule is CN1CCN(c2ccccc2Nc2nc(Nc3ccc(C(=O)NCc4ccccc4)c(F)c3)ncc2C(N)=O)CC1. The van der Waals surface area contributed by atoms with Gasteiger partial charge < -0.3 is 31.5 Å². The van der Waals surface area contributed by atoms with E-state index in [1.165, 1.54) is 18.3 Å². The molecule has 1 saturated heterocycles. The molecule has 0 aliphatic carbocycles. The van der Waals surface area contributed by atoms with Crippen molar-refractivity contribution in [3.05, 3.63) is 102 Å². The first-order chi connectivity index (χ1) is 19.9. The number of halogens is 1. The number of carbonyl (C=O) groups is 2. The number of nitrogens with zero attached hydrogens (tertiary/aromatic N) is 4. The van der Waals surface area contributed by atoms with Gasteiger partial charge in [0.15, 0.2) is 0 Å². The lowest BCUT2D eigenvalue weighted by atomic mass is 10.1. The van der Waals surface area contributed by atoms with Gasteiger partial charge in [0.25, 0.3) is 11.8 Å². The molecular formula is C30H31FN8O2. The van der Waals surface area contributed by atoms with Crippen LogP contribution in [0.3, 0.4) is 0 Å². The van der Waals surface area contributed by atoms with Gasteiger partial charge in [-0.1, -0.05) is 42.5 Å². The number of nitrogens with two attached hydrogens (primary N) is 1. The number of rotatable bonds is 9. The van der Waals surface area contributed by atoms with E-state index < -0.39 is 17.6 Å². The summed E-state index contributed by atoms with van der Waals surface area (Å²) in [5, 5.41) is 8.91. The van der Waals surface area contributed by atoms with E-state index >= 15 is 0 Å². The van der Waals surface area contributed by atoms with Crippen LogP contribution in [0.5, 0.6) is 0 Å². The molecule has 2 heterocycles. The summed E-state index contributed by atoms with van der Waals surface area (Å²) in [6, 6.07) is 21.3. The van der Waals surface area contributed by atoms with Crippen molar-refractivity contribution in [3.8, 4) is 0 Å². The van der Waals surface area contributed by atoms with Crippen molar-refractivity contribution in [2.45, 2.75) is 6.54 Å². The van der Waals surface area contributed by atoms with Crippen LogP contribution >= 0.6 is 0 Å². The van der Waals surface area contributed by atoms with E-state index in [2.05, 4.69) is 42.8 Å². The molecule has 4 aromatic rings. The van der Waals surface area contributed by atoms with E-state index in [-0.39, 0.29) is 29.4 Å². The van der Waals surface area contributed by atoms with Crippen LogP contribution < -0.4 is 26.6 Å². The van der Waals surface area contributed by atoms with Gasteiger partial charge in [-0.05, 0) is 42.9 Å². The van der Waals surface area contributed by atoms with Gasteiger partial charge in [0.1, 0.15) is 17.2 Å². The predicted octanol–water partition coefficient (Wildman–Crippen LogP) is 3.88. The van der Waals surface area contributed by atoms with Gasteiger partial charge in [-0.15, -0.1) is 0 Å². The Morgan fingerprint density at radius 3 is 2.39 bits per heavy atom. The molecule has 0 radical (unpaired) electrons. The van der Waals surface area contributed by atoms with Crippen molar-refractivity contribution >= 4 is 40.6 Å². The number of carbonyl (C=O) groups excluding carboxylic acids is 2. The second-order valence-corrected chi connectivity index (χ2v) is 9.74. The number of likely N-dealkylation sites (N-methyl/N-ethyl adjacent to an activating group) is 1. The van der Waals surface area contributed by atoms with Gasteiger partial charge >= 0.3 is 0 Å². The number of hydrogen-bond acceptors (Lipinski definition) is 8. The van der Waals surface area contributed by atoms with Gasteiger partial charge in [0, 0.05) is 44.6 Å². The Labute approximate surface area is 237 Å². The molecule has 5 N–H and O–H groups in total.